The van der Waals surface area contributed by atoms with Gasteiger partial charge in [0.25, 0.3) is 5.91 Å². The van der Waals surface area contributed by atoms with Crippen LogP contribution in [-0.4, -0.2) is 80.1 Å². The number of methoxy groups -OCH3 is 2. The van der Waals surface area contributed by atoms with Crippen molar-refractivity contribution in [2.75, 3.05) is 52.0 Å². The maximum Gasteiger partial charge on any atom is 0.250 e. The second-order valence-corrected chi connectivity index (χ2v) is 9.86. The summed E-state index contributed by atoms with van der Waals surface area (Å²) < 4.78 is 10.6. The highest BCUT2D eigenvalue weighted by atomic mass is 16.5. The lowest BCUT2D eigenvalue weighted by atomic mass is 9.85. The third-order valence-corrected chi connectivity index (χ3v) is 7.51. The van der Waals surface area contributed by atoms with Gasteiger partial charge in [-0.15, -0.1) is 0 Å². The largest absolute Gasteiger partial charge is 0.493 e. The van der Waals surface area contributed by atoms with Crippen LogP contribution in [-0.2, 0) is 20.8 Å². The van der Waals surface area contributed by atoms with Crippen molar-refractivity contribution in [1.82, 2.24) is 15.1 Å². The Labute approximate surface area is 224 Å². The molecule has 38 heavy (non-hydrogen) atoms. The van der Waals surface area contributed by atoms with Gasteiger partial charge in [-0.3, -0.25) is 14.4 Å². The molecule has 1 spiro atoms. The van der Waals surface area contributed by atoms with E-state index >= 15 is 0 Å². The number of nitrogens with zero attached hydrogens (tertiary/aromatic N) is 3. The fourth-order valence-corrected chi connectivity index (χ4v) is 5.43. The van der Waals surface area contributed by atoms with Crippen molar-refractivity contribution < 1.29 is 23.9 Å². The summed E-state index contributed by atoms with van der Waals surface area (Å²) in [5.41, 5.74) is 1.22. The van der Waals surface area contributed by atoms with Gasteiger partial charge in [0.05, 0.1) is 20.9 Å². The molecule has 9 heteroatoms. The first-order valence-electron chi connectivity index (χ1n) is 13.3. The maximum absolute atomic E-state index is 13.8. The predicted molar refractivity (Wildman–Crippen MR) is 145 cm³/mol. The standard InChI is InChI=1S/C29H38N4O5/c1-4-8-27(35)31-17-14-29(15-18-31)28(36)32(21-33(29)23-9-6-5-7-10-23)20-26(34)30-16-13-22-11-12-24(37-2)25(19-22)38-3/h5-7,9-12,19H,4,8,13-18,20-21H2,1-3H3,(H,30,34). The lowest BCUT2D eigenvalue weighted by Gasteiger charge is -2.43. The molecule has 3 amide bonds. The molecular formula is C29H38N4O5. The Bertz CT molecular complexity index is 1130. The monoisotopic (exact) mass is 522 g/mol. The van der Waals surface area contributed by atoms with E-state index in [9.17, 15) is 14.4 Å². The van der Waals surface area contributed by atoms with Crippen LogP contribution < -0.4 is 19.7 Å². The van der Waals surface area contributed by atoms with Crippen molar-refractivity contribution in [2.24, 2.45) is 0 Å². The zero-order chi connectivity index (χ0) is 27.1. The number of hydrogen-bond donors (Lipinski definition) is 1. The normalized spacial score (nSPS) is 16.6. The van der Waals surface area contributed by atoms with Gasteiger partial charge in [0.15, 0.2) is 11.5 Å². The third kappa shape index (κ3) is 5.71. The number of ether oxygens (including phenoxy) is 2. The number of piperidine rings is 1. The smallest absolute Gasteiger partial charge is 0.250 e. The summed E-state index contributed by atoms with van der Waals surface area (Å²) in [6, 6.07) is 15.5. The van der Waals surface area contributed by atoms with Gasteiger partial charge in [0.1, 0.15) is 12.1 Å². The Hall–Kier alpha value is -3.75. The molecule has 0 radical (unpaired) electrons. The van der Waals surface area contributed by atoms with E-state index in [4.69, 9.17) is 9.47 Å². The van der Waals surface area contributed by atoms with Gasteiger partial charge >= 0.3 is 0 Å². The van der Waals surface area contributed by atoms with E-state index in [1.54, 1.807) is 19.1 Å². The molecule has 0 unspecified atom stereocenters. The fourth-order valence-electron chi connectivity index (χ4n) is 5.43. The topological polar surface area (TPSA) is 91.4 Å². The van der Waals surface area contributed by atoms with Crippen LogP contribution in [0.5, 0.6) is 11.5 Å². The molecule has 2 aromatic carbocycles. The molecule has 9 nitrogen and oxygen atoms in total. The van der Waals surface area contributed by atoms with Crippen molar-refractivity contribution >= 4 is 23.4 Å². The van der Waals surface area contributed by atoms with Gasteiger partial charge in [-0.05, 0) is 55.5 Å². The van der Waals surface area contributed by atoms with E-state index in [2.05, 4.69) is 10.2 Å². The Morgan fingerprint density at radius 2 is 1.71 bits per heavy atom. The molecule has 2 aliphatic rings. The molecule has 1 N–H and O–H groups in total. The number of nitrogens with one attached hydrogen (secondary N) is 1. The van der Waals surface area contributed by atoms with Gasteiger partial charge in [-0.25, -0.2) is 0 Å². The molecule has 4 rings (SSSR count). The Balaban J connectivity index is 1.40. The SMILES string of the molecule is CCCC(=O)N1CCC2(CC1)C(=O)N(CC(=O)NCCc1ccc(OC)c(OC)c1)CN2c1ccccc1. The first-order chi connectivity index (χ1) is 18.4. The summed E-state index contributed by atoms with van der Waals surface area (Å²) in [6.45, 7) is 3.86. The Morgan fingerprint density at radius 1 is 1.00 bits per heavy atom. The summed E-state index contributed by atoms with van der Waals surface area (Å²) in [4.78, 5) is 44.8. The van der Waals surface area contributed by atoms with Crippen LogP contribution in [0.25, 0.3) is 0 Å². The summed E-state index contributed by atoms with van der Waals surface area (Å²) >= 11 is 0. The van der Waals surface area contributed by atoms with Crippen molar-refractivity contribution in [3.8, 4) is 11.5 Å². The number of para-hydroxylation sites is 1. The fraction of sp³-hybridized carbons (Fsp3) is 0.483. The summed E-state index contributed by atoms with van der Waals surface area (Å²) in [6.07, 6.45) is 3.06. The third-order valence-electron chi connectivity index (χ3n) is 7.51. The number of anilines is 1. The molecule has 0 saturated carbocycles. The minimum atomic E-state index is -0.746. The molecule has 2 saturated heterocycles. The maximum atomic E-state index is 13.8. The summed E-state index contributed by atoms with van der Waals surface area (Å²) in [5, 5.41) is 2.95. The second-order valence-electron chi connectivity index (χ2n) is 9.86. The van der Waals surface area contributed by atoms with Gasteiger partial charge in [-0.2, -0.15) is 0 Å². The number of rotatable bonds is 10. The van der Waals surface area contributed by atoms with E-state index in [0.29, 0.717) is 63.5 Å². The highest BCUT2D eigenvalue weighted by molar-refractivity contribution is 5.96. The number of hydrogen-bond acceptors (Lipinski definition) is 6. The average molecular weight is 523 g/mol. The number of carbonyl (C=O) groups is 3. The number of likely N-dealkylation sites (tertiary alicyclic amines) is 1. The van der Waals surface area contributed by atoms with E-state index in [1.807, 2.05) is 60.4 Å². The van der Waals surface area contributed by atoms with Crippen molar-refractivity contribution in [3.63, 3.8) is 0 Å². The van der Waals surface area contributed by atoms with E-state index in [1.165, 1.54) is 0 Å². The van der Waals surface area contributed by atoms with Crippen LogP contribution in [0.2, 0.25) is 0 Å². The minimum Gasteiger partial charge on any atom is -0.493 e. The van der Waals surface area contributed by atoms with Gasteiger partial charge in [0.2, 0.25) is 11.8 Å². The molecule has 2 aromatic rings. The van der Waals surface area contributed by atoms with Crippen LogP contribution in [0.3, 0.4) is 0 Å². The predicted octanol–water partition coefficient (Wildman–Crippen LogP) is 2.83. The number of amides is 3. The van der Waals surface area contributed by atoms with E-state index in [-0.39, 0.29) is 24.3 Å². The lowest BCUT2D eigenvalue weighted by Crippen LogP contribution is -2.57. The van der Waals surface area contributed by atoms with Crippen molar-refractivity contribution in [1.29, 1.82) is 0 Å². The van der Waals surface area contributed by atoms with Gasteiger partial charge in [0, 0.05) is 31.7 Å². The first kappa shape index (κ1) is 27.3. The van der Waals surface area contributed by atoms with Crippen molar-refractivity contribution in [3.05, 3.63) is 54.1 Å². The molecular weight excluding hydrogens is 484 g/mol. The average Bonchev–Trinajstić information content (AvgIpc) is 3.20. The molecule has 2 heterocycles. The molecule has 2 fully saturated rings. The van der Waals surface area contributed by atoms with Crippen LogP contribution in [0.1, 0.15) is 38.2 Å². The second kappa shape index (κ2) is 12.2. The van der Waals surface area contributed by atoms with E-state index < -0.39 is 5.54 Å². The zero-order valence-electron chi connectivity index (χ0n) is 22.6. The van der Waals surface area contributed by atoms with Crippen LogP contribution >= 0.6 is 0 Å². The van der Waals surface area contributed by atoms with Gasteiger partial charge < -0.3 is 29.5 Å². The quantitative estimate of drug-likeness (QED) is 0.516. The van der Waals surface area contributed by atoms with Crippen LogP contribution in [0.4, 0.5) is 5.69 Å². The molecule has 0 aliphatic carbocycles. The molecule has 204 valence electrons. The molecule has 0 aromatic heterocycles. The Morgan fingerprint density at radius 3 is 2.37 bits per heavy atom. The molecule has 0 bridgehead atoms. The highest BCUT2D eigenvalue weighted by Crippen LogP contribution is 2.39. The number of benzene rings is 2. The number of carbonyl (C=O) groups excluding carboxylic acids is 3. The van der Waals surface area contributed by atoms with Gasteiger partial charge in [-0.1, -0.05) is 31.2 Å². The van der Waals surface area contributed by atoms with Crippen LogP contribution in [0, 0.1) is 0 Å². The Kier molecular flexibility index (Phi) is 8.76. The van der Waals surface area contributed by atoms with Crippen molar-refractivity contribution in [2.45, 2.75) is 44.6 Å². The van der Waals surface area contributed by atoms with E-state index in [0.717, 1.165) is 17.7 Å². The lowest BCUT2D eigenvalue weighted by molar-refractivity contribution is -0.140. The molecule has 0 atom stereocenters. The van der Waals surface area contributed by atoms with Crippen LogP contribution in [0.15, 0.2) is 48.5 Å². The summed E-state index contributed by atoms with van der Waals surface area (Å²) in [7, 11) is 3.19. The highest BCUT2D eigenvalue weighted by Gasteiger charge is 2.54. The first-order valence-corrected chi connectivity index (χ1v) is 13.3. The molecule has 2 aliphatic heterocycles. The minimum absolute atomic E-state index is 0.00562. The summed E-state index contributed by atoms with van der Waals surface area (Å²) in [5.74, 6) is 1.21. The zero-order valence-corrected chi connectivity index (χ0v) is 22.6.